The van der Waals surface area contributed by atoms with Crippen LogP contribution < -0.4 is 15.2 Å². The lowest BCUT2D eigenvalue weighted by molar-refractivity contribution is 0.330. The highest BCUT2D eigenvalue weighted by Crippen LogP contribution is 2.44. The number of methoxy groups -OCH3 is 2. The fourth-order valence-electron chi connectivity index (χ4n) is 1.39. The van der Waals surface area contributed by atoms with Gasteiger partial charge in [-0.15, -0.1) is 0 Å². The zero-order valence-corrected chi connectivity index (χ0v) is 10.5. The first-order valence-corrected chi connectivity index (χ1v) is 5.21. The summed E-state index contributed by atoms with van der Waals surface area (Å²) < 4.78 is 10.8. The van der Waals surface area contributed by atoms with Crippen LogP contribution in [0.5, 0.6) is 17.2 Å². The molecule has 1 unspecified atom stereocenters. The highest BCUT2D eigenvalue weighted by Gasteiger charge is 2.19. The van der Waals surface area contributed by atoms with Crippen LogP contribution in [0.25, 0.3) is 0 Å². The number of hydrogen-bond donors (Lipinski definition) is 2. The number of rotatable bonds is 3. The third-order valence-electron chi connectivity index (χ3n) is 2.09. The standard InChI is InChI=1S/C10H14BrNO3/c1-5(12)8-6(11)4-7(14-2)10(15-3)9(8)13/h4-5,13H,12H2,1-3H3. The average Bonchev–Trinajstić information content (AvgIpc) is 2.16. The number of benzene rings is 1. The van der Waals surface area contributed by atoms with E-state index in [9.17, 15) is 5.11 Å². The van der Waals surface area contributed by atoms with Crippen molar-refractivity contribution in [2.24, 2.45) is 5.73 Å². The van der Waals surface area contributed by atoms with Crippen LogP contribution in [-0.2, 0) is 0 Å². The van der Waals surface area contributed by atoms with Crippen molar-refractivity contribution in [2.45, 2.75) is 13.0 Å². The summed E-state index contributed by atoms with van der Waals surface area (Å²) in [5, 5.41) is 9.94. The molecule has 0 fully saturated rings. The first-order chi connectivity index (χ1) is 7.02. The van der Waals surface area contributed by atoms with Crippen LogP contribution in [0.1, 0.15) is 18.5 Å². The van der Waals surface area contributed by atoms with Crippen molar-refractivity contribution in [3.05, 3.63) is 16.1 Å². The quantitative estimate of drug-likeness (QED) is 0.888. The Bertz CT molecular complexity index is 366. The van der Waals surface area contributed by atoms with E-state index in [1.54, 1.807) is 13.0 Å². The maximum Gasteiger partial charge on any atom is 0.203 e. The van der Waals surface area contributed by atoms with E-state index < -0.39 is 0 Å². The van der Waals surface area contributed by atoms with Gasteiger partial charge in [0.1, 0.15) is 0 Å². The van der Waals surface area contributed by atoms with Crippen LogP contribution in [0.2, 0.25) is 0 Å². The Morgan fingerprint density at radius 3 is 2.40 bits per heavy atom. The Morgan fingerprint density at radius 1 is 1.40 bits per heavy atom. The van der Waals surface area contributed by atoms with Gasteiger partial charge in [-0.3, -0.25) is 0 Å². The molecule has 4 nitrogen and oxygen atoms in total. The molecule has 0 bridgehead atoms. The average molecular weight is 276 g/mol. The number of ether oxygens (including phenoxy) is 2. The summed E-state index contributed by atoms with van der Waals surface area (Å²) in [6, 6.07) is 1.43. The van der Waals surface area contributed by atoms with Gasteiger partial charge in [-0.25, -0.2) is 0 Å². The first-order valence-electron chi connectivity index (χ1n) is 4.41. The minimum absolute atomic E-state index is 0.0127. The summed E-state index contributed by atoms with van der Waals surface area (Å²) in [6.45, 7) is 1.78. The molecule has 0 saturated heterocycles. The smallest absolute Gasteiger partial charge is 0.203 e. The SMILES string of the molecule is COc1cc(Br)c(C(C)N)c(O)c1OC. The van der Waals surface area contributed by atoms with Crippen molar-refractivity contribution in [2.75, 3.05) is 14.2 Å². The van der Waals surface area contributed by atoms with Crippen molar-refractivity contribution < 1.29 is 14.6 Å². The molecule has 1 atom stereocenters. The van der Waals surface area contributed by atoms with Gasteiger partial charge in [0, 0.05) is 16.1 Å². The van der Waals surface area contributed by atoms with Crippen molar-refractivity contribution in [1.29, 1.82) is 0 Å². The minimum Gasteiger partial charge on any atom is -0.504 e. The zero-order chi connectivity index (χ0) is 11.6. The largest absolute Gasteiger partial charge is 0.504 e. The summed E-state index contributed by atoms with van der Waals surface area (Å²) in [5.74, 6) is 0.776. The van der Waals surface area contributed by atoms with Crippen molar-refractivity contribution in [1.82, 2.24) is 0 Å². The fraction of sp³-hybridized carbons (Fsp3) is 0.400. The molecular weight excluding hydrogens is 262 g/mol. The van der Waals surface area contributed by atoms with Crippen molar-refractivity contribution in [3.8, 4) is 17.2 Å². The van der Waals surface area contributed by atoms with Gasteiger partial charge in [0.2, 0.25) is 5.75 Å². The Hall–Kier alpha value is -0.940. The molecule has 1 rings (SSSR count). The third kappa shape index (κ3) is 2.18. The molecular formula is C10H14BrNO3. The summed E-state index contributed by atoms with van der Waals surface area (Å²) in [7, 11) is 2.98. The lowest BCUT2D eigenvalue weighted by atomic mass is 10.1. The summed E-state index contributed by atoms with van der Waals surface area (Å²) in [6.07, 6.45) is 0. The molecule has 0 aliphatic carbocycles. The second-order valence-electron chi connectivity index (χ2n) is 3.14. The van der Waals surface area contributed by atoms with E-state index in [1.807, 2.05) is 0 Å². The molecule has 3 N–H and O–H groups in total. The summed E-state index contributed by atoms with van der Waals surface area (Å²) in [4.78, 5) is 0. The molecule has 0 spiro atoms. The van der Waals surface area contributed by atoms with Gasteiger partial charge in [-0.2, -0.15) is 0 Å². The van der Waals surface area contributed by atoms with Crippen molar-refractivity contribution >= 4 is 15.9 Å². The second kappa shape index (κ2) is 4.72. The molecule has 0 aromatic heterocycles. The Morgan fingerprint density at radius 2 is 2.00 bits per heavy atom. The van der Waals surface area contributed by atoms with Crippen molar-refractivity contribution in [3.63, 3.8) is 0 Å². The second-order valence-corrected chi connectivity index (χ2v) is 4.00. The molecule has 84 valence electrons. The topological polar surface area (TPSA) is 64.7 Å². The number of nitrogens with two attached hydrogens (primary N) is 1. The molecule has 1 aromatic carbocycles. The lowest BCUT2D eigenvalue weighted by Crippen LogP contribution is -2.07. The Kier molecular flexibility index (Phi) is 3.82. The van der Waals surface area contributed by atoms with E-state index in [4.69, 9.17) is 15.2 Å². The van der Waals surface area contributed by atoms with E-state index in [0.29, 0.717) is 21.5 Å². The molecule has 0 saturated carbocycles. The highest BCUT2D eigenvalue weighted by molar-refractivity contribution is 9.10. The van der Waals surface area contributed by atoms with Gasteiger partial charge in [-0.1, -0.05) is 15.9 Å². The molecule has 0 aliphatic heterocycles. The number of phenols is 1. The minimum atomic E-state index is -0.292. The third-order valence-corrected chi connectivity index (χ3v) is 2.74. The lowest BCUT2D eigenvalue weighted by Gasteiger charge is -2.16. The predicted molar refractivity (Wildman–Crippen MR) is 61.5 cm³/mol. The van der Waals surface area contributed by atoms with Gasteiger partial charge in [0.15, 0.2) is 11.5 Å². The molecule has 0 radical (unpaired) electrons. The fourth-order valence-corrected chi connectivity index (χ4v) is 2.15. The first kappa shape index (κ1) is 12.1. The maximum atomic E-state index is 9.94. The summed E-state index contributed by atoms with van der Waals surface area (Å²) >= 11 is 3.33. The summed E-state index contributed by atoms with van der Waals surface area (Å²) in [5.41, 5.74) is 6.35. The van der Waals surface area contributed by atoms with Crippen LogP contribution in [0.15, 0.2) is 10.5 Å². The molecule has 0 heterocycles. The number of halogens is 1. The van der Waals surface area contributed by atoms with E-state index in [-0.39, 0.29) is 11.8 Å². The van der Waals surface area contributed by atoms with Crippen LogP contribution in [0.4, 0.5) is 0 Å². The van der Waals surface area contributed by atoms with Crippen LogP contribution in [0, 0.1) is 0 Å². The van der Waals surface area contributed by atoms with E-state index in [1.165, 1.54) is 14.2 Å². The zero-order valence-electron chi connectivity index (χ0n) is 8.87. The molecule has 0 amide bonds. The van der Waals surface area contributed by atoms with Gasteiger partial charge in [-0.05, 0) is 13.0 Å². The van der Waals surface area contributed by atoms with E-state index in [2.05, 4.69) is 15.9 Å². The van der Waals surface area contributed by atoms with E-state index in [0.717, 1.165) is 0 Å². The van der Waals surface area contributed by atoms with Crippen LogP contribution >= 0.6 is 15.9 Å². The van der Waals surface area contributed by atoms with Crippen LogP contribution in [0.3, 0.4) is 0 Å². The van der Waals surface area contributed by atoms with E-state index >= 15 is 0 Å². The van der Waals surface area contributed by atoms with Gasteiger partial charge in [0.25, 0.3) is 0 Å². The maximum absolute atomic E-state index is 9.94. The van der Waals surface area contributed by atoms with Gasteiger partial charge >= 0.3 is 0 Å². The number of aromatic hydroxyl groups is 1. The van der Waals surface area contributed by atoms with Gasteiger partial charge in [0.05, 0.1) is 14.2 Å². The normalized spacial score (nSPS) is 12.3. The predicted octanol–water partition coefficient (Wildman–Crippen LogP) is 2.19. The Balaban J connectivity index is 3.44. The highest BCUT2D eigenvalue weighted by atomic mass is 79.9. The molecule has 1 aromatic rings. The number of phenolic OH excluding ortho intramolecular Hbond substituents is 1. The monoisotopic (exact) mass is 275 g/mol. The number of hydrogen-bond acceptors (Lipinski definition) is 4. The molecule has 0 aliphatic rings. The van der Waals surface area contributed by atoms with Crippen LogP contribution in [-0.4, -0.2) is 19.3 Å². The molecule has 5 heteroatoms. The van der Waals surface area contributed by atoms with Gasteiger partial charge < -0.3 is 20.3 Å². The Labute approximate surface area is 97.1 Å². The molecule has 15 heavy (non-hydrogen) atoms.